The highest BCUT2D eigenvalue weighted by molar-refractivity contribution is 7.47. The monoisotopic (exact) mass is 771 g/mol. The third-order valence-electron chi connectivity index (χ3n) is 9.10. The van der Waals surface area contributed by atoms with Crippen molar-refractivity contribution in [3.63, 3.8) is 0 Å². The van der Waals surface area contributed by atoms with Crippen LogP contribution in [0.5, 0.6) is 0 Å². The van der Waals surface area contributed by atoms with E-state index in [0.29, 0.717) is 36.1 Å². The molecule has 0 bridgehead atoms. The van der Waals surface area contributed by atoms with Crippen LogP contribution in [0.4, 0.5) is 0 Å². The number of esters is 2. The van der Waals surface area contributed by atoms with Crippen LogP contribution in [0.15, 0.2) is 36.5 Å². The molecule has 308 valence electrons. The molecule has 0 aromatic carbocycles. The van der Waals surface area contributed by atoms with Crippen LogP contribution in [0.3, 0.4) is 0 Å². The second kappa shape index (κ2) is 31.4. The Kier molecular flexibility index (Phi) is 29.2. The third-order valence-corrected chi connectivity index (χ3v) is 10.1. The summed E-state index contributed by atoms with van der Waals surface area (Å²) in [5, 5.41) is 0. The molecule has 11 heteroatoms. The Hall–Kier alpha value is -1.81. The molecule has 10 nitrogen and oxygen atoms in total. The first-order chi connectivity index (χ1) is 25.5. The first kappa shape index (κ1) is 49.2. The molecular formula is C42H77NO9P+. The van der Waals surface area contributed by atoms with E-state index < -0.39 is 26.5 Å². The summed E-state index contributed by atoms with van der Waals surface area (Å²) in [5.41, 5.74) is 0. The number of likely N-dealkylation sites (N-methyl/N-ethyl adjacent to an activating group) is 1. The Morgan fingerprint density at radius 3 is 1.91 bits per heavy atom. The lowest BCUT2D eigenvalue weighted by atomic mass is 10.1. The number of carbonyl (C=O) groups is 2. The average Bonchev–Trinajstić information content (AvgIpc) is 3.86. The van der Waals surface area contributed by atoms with Crippen LogP contribution < -0.4 is 0 Å². The van der Waals surface area contributed by atoms with Crippen molar-refractivity contribution >= 4 is 19.8 Å². The summed E-state index contributed by atoms with van der Waals surface area (Å²) in [6.07, 6.45) is 35.2. The number of rotatable bonds is 36. The normalized spacial score (nSPS) is 17.8. The van der Waals surface area contributed by atoms with Gasteiger partial charge in [-0.2, -0.15) is 0 Å². The van der Waals surface area contributed by atoms with Gasteiger partial charge in [-0.3, -0.25) is 18.6 Å². The predicted molar refractivity (Wildman–Crippen MR) is 214 cm³/mol. The summed E-state index contributed by atoms with van der Waals surface area (Å²) < 4.78 is 39.9. The van der Waals surface area contributed by atoms with Gasteiger partial charge in [-0.1, -0.05) is 134 Å². The Morgan fingerprint density at radius 2 is 1.26 bits per heavy atom. The highest BCUT2D eigenvalue weighted by atomic mass is 31.2. The molecule has 1 aliphatic heterocycles. The molecule has 1 rings (SSSR count). The summed E-state index contributed by atoms with van der Waals surface area (Å²) in [6.45, 7) is 4.30. The molecule has 1 saturated heterocycles. The molecule has 1 N–H and O–H groups in total. The molecule has 0 aromatic rings. The molecule has 0 aromatic heterocycles. The summed E-state index contributed by atoms with van der Waals surface area (Å²) in [6, 6.07) is 0. The lowest BCUT2D eigenvalue weighted by Gasteiger charge is -2.24. The van der Waals surface area contributed by atoms with Crippen LogP contribution in [0.2, 0.25) is 0 Å². The fourth-order valence-electron chi connectivity index (χ4n) is 5.69. The standard InChI is InChI=1S/C42H76NO9P/c1-6-8-10-11-12-13-14-18-21-24-28-32-41(44)48-36-38(37-50-53(46,47)49-35-34-43(3,4)5)51-42(45)33-29-25-22-19-16-15-17-20-23-27-31-40-39(52-40)30-26-9-7-2/h15,17,19,22-23,27,38-40H,6-14,16,18,20-21,24-26,28-37H2,1-5H3/p+1/b17-15-,22-19-,27-23-. The number of phosphoric acid groups is 1. The molecule has 0 aliphatic carbocycles. The quantitative estimate of drug-likeness (QED) is 0.0166. The van der Waals surface area contributed by atoms with E-state index in [1.807, 2.05) is 27.2 Å². The van der Waals surface area contributed by atoms with Crippen molar-refractivity contribution in [2.45, 2.75) is 173 Å². The smallest absolute Gasteiger partial charge is 0.462 e. The van der Waals surface area contributed by atoms with Gasteiger partial charge in [-0.05, 0) is 44.9 Å². The van der Waals surface area contributed by atoms with Crippen LogP contribution >= 0.6 is 7.82 Å². The van der Waals surface area contributed by atoms with E-state index in [0.717, 1.165) is 38.5 Å². The van der Waals surface area contributed by atoms with Crippen molar-refractivity contribution in [3.8, 4) is 0 Å². The van der Waals surface area contributed by atoms with Gasteiger partial charge in [-0.25, -0.2) is 4.57 Å². The van der Waals surface area contributed by atoms with Crippen LogP contribution in [0.25, 0.3) is 0 Å². The van der Waals surface area contributed by atoms with E-state index >= 15 is 0 Å². The zero-order valence-electron chi connectivity index (χ0n) is 34.2. The van der Waals surface area contributed by atoms with E-state index in [1.165, 1.54) is 77.0 Å². The lowest BCUT2D eigenvalue weighted by Crippen LogP contribution is -2.37. The van der Waals surface area contributed by atoms with E-state index in [4.69, 9.17) is 23.3 Å². The molecule has 53 heavy (non-hydrogen) atoms. The number of hydrogen-bond acceptors (Lipinski definition) is 8. The number of hydrogen-bond donors (Lipinski definition) is 1. The van der Waals surface area contributed by atoms with Gasteiger partial charge >= 0.3 is 19.8 Å². The van der Waals surface area contributed by atoms with E-state index in [-0.39, 0.29) is 32.0 Å². The molecule has 0 spiro atoms. The first-order valence-electron chi connectivity index (χ1n) is 20.8. The number of unbranched alkanes of at least 4 members (excludes halogenated alkanes) is 13. The minimum atomic E-state index is -4.39. The van der Waals surface area contributed by atoms with Crippen molar-refractivity contribution in [1.29, 1.82) is 0 Å². The zero-order chi connectivity index (χ0) is 39.0. The number of carbonyl (C=O) groups excluding carboxylic acids is 2. The van der Waals surface area contributed by atoms with E-state index in [9.17, 15) is 19.0 Å². The number of epoxide rings is 1. The minimum absolute atomic E-state index is 0.0197. The van der Waals surface area contributed by atoms with Crippen LogP contribution in [-0.2, 0) is 37.4 Å². The van der Waals surface area contributed by atoms with Gasteiger partial charge in [0, 0.05) is 12.8 Å². The van der Waals surface area contributed by atoms with Gasteiger partial charge in [0.05, 0.1) is 40.0 Å². The number of allylic oxidation sites excluding steroid dienone is 5. The topological polar surface area (TPSA) is 121 Å². The lowest BCUT2D eigenvalue weighted by molar-refractivity contribution is -0.870. The fraction of sp³-hybridized carbons (Fsp3) is 0.810. The number of ether oxygens (including phenoxy) is 3. The summed E-state index contributed by atoms with van der Waals surface area (Å²) in [4.78, 5) is 35.2. The molecule has 0 radical (unpaired) electrons. The average molecular weight is 771 g/mol. The Labute approximate surface area is 323 Å². The van der Waals surface area contributed by atoms with Gasteiger partial charge in [0.2, 0.25) is 0 Å². The highest BCUT2D eigenvalue weighted by Crippen LogP contribution is 2.43. The maximum absolute atomic E-state index is 12.6. The van der Waals surface area contributed by atoms with Crippen LogP contribution in [0, 0.1) is 0 Å². The first-order valence-corrected chi connectivity index (χ1v) is 22.3. The van der Waals surface area contributed by atoms with Gasteiger partial charge in [0.25, 0.3) is 0 Å². The van der Waals surface area contributed by atoms with Gasteiger partial charge in [0.1, 0.15) is 19.8 Å². The molecule has 1 fully saturated rings. The zero-order valence-corrected chi connectivity index (χ0v) is 35.1. The minimum Gasteiger partial charge on any atom is -0.462 e. The van der Waals surface area contributed by atoms with Crippen molar-refractivity contribution in [2.24, 2.45) is 0 Å². The molecule has 4 unspecified atom stereocenters. The molecule has 0 amide bonds. The maximum atomic E-state index is 12.6. The number of quaternary nitrogens is 1. The molecule has 1 heterocycles. The van der Waals surface area contributed by atoms with E-state index in [1.54, 1.807) is 0 Å². The maximum Gasteiger partial charge on any atom is 0.472 e. The SMILES string of the molecule is CCCCCCCCCCCCCC(=O)OCC(COP(=O)(O)OCC[N+](C)(C)C)OC(=O)CCC/C=C\C/C=C\C/C=C\CC1OC1CCCCC. The molecular weight excluding hydrogens is 693 g/mol. The Morgan fingerprint density at radius 1 is 0.698 bits per heavy atom. The third kappa shape index (κ3) is 32.2. The van der Waals surface area contributed by atoms with Gasteiger partial charge in [0.15, 0.2) is 6.10 Å². The summed E-state index contributed by atoms with van der Waals surface area (Å²) in [7, 11) is 1.43. The number of nitrogens with zero attached hydrogens (tertiary/aromatic N) is 1. The summed E-state index contributed by atoms with van der Waals surface area (Å²) >= 11 is 0. The second-order valence-electron chi connectivity index (χ2n) is 15.4. The van der Waals surface area contributed by atoms with Crippen LogP contribution in [-0.4, -0.2) is 87.1 Å². The summed E-state index contributed by atoms with van der Waals surface area (Å²) in [5.74, 6) is -0.870. The van der Waals surface area contributed by atoms with Crippen molar-refractivity contribution in [2.75, 3.05) is 47.5 Å². The Bertz CT molecular complexity index is 1070. The van der Waals surface area contributed by atoms with Gasteiger partial charge < -0.3 is 23.6 Å². The molecule has 4 atom stereocenters. The van der Waals surface area contributed by atoms with Crippen molar-refractivity contribution in [1.82, 2.24) is 0 Å². The Balaban J connectivity index is 2.34. The predicted octanol–water partition coefficient (Wildman–Crippen LogP) is 10.3. The van der Waals surface area contributed by atoms with Crippen molar-refractivity contribution in [3.05, 3.63) is 36.5 Å². The molecule has 0 saturated carbocycles. The highest BCUT2D eigenvalue weighted by Gasteiger charge is 2.36. The fourth-order valence-corrected chi connectivity index (χ4v) is 6.43. The van der Waals surface area contributed by atoms with Gasteiger partial charge in [-0.15, -0.1) is 0 Å². The van der Waals surface area contributed by atoms with E-state index in [2.05, 4.69) is 44.2 Å². The molecule has 1 aliphatic rings. The van der Waals surface area contributed by atoms with Crippen molar-refractivity contribution < 1.29 is 46.8 Å². The number of phosphoric ester groups is 1. The largest absolute Gasteiger partial charge is 0.472 e. The van der Waals surface area contributed by atoms with Crippen LogP contribution in [0.1, 0.15) is 155 Å². The second-order valence-corrected chi connectivity index (χ2v) is 16.9.